The maximum absolute atomic E-state index is 14.1. The number of rotatable bonds is 5. The van der Waals surface area contributed by atoms with Gasteiger partial charge in [0.05, 0.1) is 0 Å². The van der Waals surface area contributed by atoms with Gasteiger partial charge in [-0.3, -0.25) is 0 Å². The Labute approximate surface area is 114 Å². The van der Waals surface area contributed by atoms with Crippen LogP contribution in [0.5, 0.6) is 0 Å². The number of hydrogen-bond acceptors (Lipinski definition) is 1. The van der Waals surface area contributed by atoms with Crippen LogP contribution in [0, 0.1) is 17.0 Å². The van der Waals surface area contributed by atoms with Crippen molar-refractivity contribution in [1.29, 1.82) is 0 Å². The van der Waals surface area contributed by atoms with Crippen LogP contribution in [0.3, 0.4) is 0 Å². The lowest BCUT2D eigenvalue weighted by atomic mass is 9.77. The molecule has 1 unspecified atom stereocenters. The number of halogens is 2. The highest BCUT2D eigenvalue weighted by molar-refractivity contribution is 5.25. The predicted molar refractivity (Wildman–Crippen MR) is 74.0 cm³/mol. The second-order valence-electron chi connectivity index (χ2n) is 5.88. The van der Waals surface area contributed by atoms with Crippen LogP contribution in [0.4, 0.5) is 8.78 Å². The summed E-state index contributed by atoms with van der Waals surface area (Å²) in [5.41, 5.74) is 0.179. The van der Waals surface area contributed by atoms with Crippen LogP contribution in [0.1, 0.15) is 57.6 Å². The third kappa shape index (κ3) is 2.97. The molecule has 1 N–H and O–H groups in total. The predicted octanol–water partition coefficient (Wildman–Crippen LogP) is 4.59. The average Bonchev–Trinajstić information content (AvgIpc) is 2.81. The molecule has 1 aromatic rings. The third-order valence-corrected chi connectivity index (χ3v) is 4.33. The summed E-state index contributed by atoms with van der Waals surface area (Å²) in [4.78, 5) is 0. The molecule has 1 aromatic carbocycles. The first kappa shape index (κ1) is 14.4. The topological polar surface area (TPSA) is 12.0 Å². The lowest BCUT2D eigenvalue weighted by Gasteiger charge is -2.35. The van der Waals surface area contributed by atoms with E-state index in [0.717, 1.165) is 38.6 Å². The fourth-order valence-corrected chi connectivity index (χ4v) is 3.24. The third-order valence-electron chi connectivity index (χ3n) is 4.33. The van der Waals surface area contributed by atoms with Gasteiger partial charge in [-0.1, -0.05) is 32.8 Å². The van der Waals surface area contributed by atoms with Gasteiger partial charge in [0.2, 0.25) is 0 Å². The Bertz CT molecular complexity index is 405. The average molecular weight is 267 g/mol. The standard InChI is InChI=1S/C16H23F2N/c1-3-11-19-15(16(2)9-4-5-10-16)14-12(17)7-6-8-13(14)18/h6-8,15,19H,3-5,9-11H2,1-2H3. The van der Waals surface area contributed by atoms with Crippen molar-refractivity contribution in [2.75, 3.05) is 6.54 Å². The van der Waals surface area contributed by atoms with E-state index in [2.05, 4.69) is 19.2 Å². The summed E-state index contributed by atoms with van der Waals surface area (Å²) in [5.74, 6) is -0.858. The lowest BCUT2D eigenvalue weighted by molar-refractivity contribution is 0.214. The molecule has 0 radical (unpaired) electrons. The molecule has 1 aliphatic rings. The minimum atomic E-state index is -0.429. The quantitative estimate of drug-likeness (QED) is 0.823. The molecule has 106 valence electrons. The van der Waals surface area contributed by atoms with E-state index in [1.54, 1.807) is 0 Å². The van der Waals surface area contributed by atoms with E-state index in [1.165, 1.54) is 18.2 Å². The van der Waals surface area contributed by atoms with Crippen molar-refractivity contribution >= 4 is 0 Å². The lowest BCUT2D eigenvalue weighted by Crippen LogP contribution is -2.36. The molecule has 1 atom stereocenters. The summed E-state index contributed by atoms with van der Waals surface area (Å²) < 4.78 is 28.1. The summed E-state index contributed by atoms with van der Waals surface area (Å²) in [6.07, 6.45) is 5.32. The normalized spacial score (nSPS) is 19.6. The zero-order valence-electron chi connectivity index (χ0n) is 11.8. The molecule has 3 heteroatoms. The summed E-state index contributed by atoms with van der Waals surface area (Å²) in [6.45, 7) is 5.01. The molecule has 0 aliphatic heterocycles. The van der Waals surface area contributed by atoms with Crippen molar-refractivity contribution in [3.63, 3.8) is 0 Å². The first-order valence-electron chi connectivity index (χ1n) is 7.26. The Morgan fingerprint density at radius 1 is 1.21 bits per heavy atom. The second kappa shape index (κ2) is 6.00. The van der Waals surface area contributed by atoms with Gasteiger partial charge in [-0.15, -0.1) is 0 Å². The van der Waals surface area contributed by atoms with Gasteiger partial charge in [0.1, 0.15) is 11.6 Å². The molecule has 0 heterocycles. The maximum atomic E-state index is 14.1. The van der Waals surface area contributed by atoms with Gasteiger partial charge >= 0.3 is 0 Å². The summed E-state index contributed by atoms with van der Waals surface area (Å²) in [7, 11) is 0. The van der Waals surface area contributed by atoms with E-state index >= 15 is 0 Å². The largest absolute Gasteiger partial charge is 0.309 e. The minimum absolute atomic E-state index is 0.0434. The molecule has 0 aromatic heterocycles. The molecule has 0 saturated heterocycles. The van der Waals surface area contributed by atoms with Crippen LogP contribution in [-0.4, -0.2) is 6.54 Å². The van der Waals surface area contributed by atoms with Crippen LogP contribution in [0.25, 0.3) is 0 Å². The fourth-order valence-electron chi connectivity index (χ4n) is 3.24. The number of benzene rings is 1. The van der Waals surface area contributed by atoms with E-state index in [4.69, 9.17) is 0 Å². The van der Waals surface area contributed by atoms with Crippen molar-refractivity contribution in [2.45, 2.75) is 52.0 Å². The smallest absolute Gasteiger partial charge is 0.130 e. The first-order valence-corrected chi connectivity index (χ1v) is 7.26. The number of hydrogen-bond donors (Lipinski definition) is 1. The molecule has 1 nitrogen and oxygen atoms in total. The molecule has 0 spiro atoms. The minimum Gasteiger partial charge on any atom is -0.309 e. The van der Waals surface area contributed by atoms with Gasteiger partial charge in [0.25, 0.3) is 0 Å². The maximum Gasteiger partial charge on any atom is 0.130 e. The Kier molecular flexibility index (Phi) is 4.56. The molecule has 1 saturated carbocycles. The summed E-state index contributed by atoms with van der Waals surface area (Å²) >= 11 is 0. The Morgan fingerprint density at radius 3 is 2.32 bits per heavy atom. The van der Waals surface area contributed by atoms with E-state index < -0.39 is 11.6 Å². The highest BCUT2D eigenvalue weighted by atomic mass is 19.1. The Morgan fingerprint density at radius 2 is 1.79 bits per heavy atom. The van der Waals surface area contributed by atoms with Crippen molar-refractivity contribution < 1.29 is 8.78 Å². The zero-order valence-corrected chi connectivity index (χ0v) is 11.8. The van der Waals surface area contributed by atoms with Crippen molar-refractivity contribution in [1.82, 2.24) is 5.32 Å². The molecular weight excluding hydrogens is 244 g/mol. The van der Waals surface area contributed by atoms with Crippen molar-refractivity contribution in [3.8, 4) is 0 Å². The molecule has 0 amide bonds. The summed E-state index contributed by atoms with van der Waals surface area (Å²) in [6, 6.07) is 3.92. The Balaban J connectivity index is 2.36. The molecule has 1 aliphatic carbocycles. The van der Waals surface area contributed by atoms with E-state index in [1.807, 2.05) is 0 Å². The zero-order chi connectivity index (χ0) is 13.9. The molecule has 2 rings (SSSR count). The van der Waals surface area contributed by atoms with E-state index in [-0.39, 0.29) is 17.0 Å². The van der Waals surface area contributed by atoms with Gasteiger partial charge < -0.3 is 5.32 Å². The molecule has 1 fully saturated rings. The van der Waals surface area contributed by atoms with Crippen molar-refractivity contribution in [3.05, 3.63) is 35.4 Å². The van der Waals surface area contributed by atoms with Crippen LogP contribution >= 0.6 is 0 Å². The van der Waals surface area contributed by atoms with Crippen LogP contribution in [0.2, 0.25) is 0 Å². The summed E-state index contributed by atoms with van der Waals surface area (Å²) in [5, 5.41) is 3.37. The molecule has 0 bridgehead atoms. The molecule has 19 heavy (non-hydrogen) atoms. The van der Waals surface area contributed by atoms with Gasteiger partial charge in [0, 0.05) is 11.6 Å². The monoisotopic (exact) mass is 267 g/mol. The van der Waals surface area contributed by atoms with Crippen LogP contribution in [0.15, 0.2) is 18.2 Å². The highest BCUT2D eigenvalue weighted by Crippen LogP contribution is 2.48. The SMILES string of the molecule is CCCNC(c1c(F)cccc1F)C1(C)CCCC1. The van der Waals surface area contributed by atoms with E-state index in [0.29, 0.717) is 0 Å². The van der Waals surface area contributed by atoms with Crippen molar-refractivity contribution in [2.24, 2.45) is 5.41 Å². The first-order chi connectivity index (χ1) is 9.08. The van der Waals surface area contributed by atoms with E-state index in [9.17, 15) is 8.78 Å². The highest BCUT2D eigenvalue weighted by Gasteiger charge is 2.39. The molecular formula is C16H23F2N. The van der Waals surface area contributed by atoms with Crippen LogP contribution < -0.4 is 5.32 Å². The second-order valence-corrected chi connectivity index (χ2v) is 5.88. The van der Waals surface area contributed by atoms with Crippen LogP contribution in [-0.2, 0) is 0 Å². The fraction of sp³-hybridized carbons (Fsp3) is 0.625. The van der Waals surface area contributed by atoms with Gasteiger partial charge in [0.15, 0.2) is 0 Å². The Hall–Kier alpha value is -0.960. The van der Waals surface area contributed by atoms with Gasteiger partial charge in [-0.05, 0) is 43.4 Å². The van der Waals surface area contributed by atoms with Gasteiger partial charge in [-0.25, -0.2) is 8.78 Å². The number of nitrogens with one attached hydrogen (secondary N) is 1. The van der Waals surface area contributed by atoms with Gasteiger partial charge in [-0.2, -0.15) is 0 Å².